The summed E-state index contributed by atoms with van der Waals surface area (Å²) in [5.41, 5.74) is 1.07. The van der Waals surface area contributed by atoms with Crippen LogP contribution < -0.4 is 5.19 Å². The number of benzene rings is 1. The number of halogens is 1. The zero-order valence-corrected chi connectivity index (χ0v) is 13.2. The molecule has 0 aliphatic carbocycles. The molecule has 0 saturated heterocycles. The summed E-state index contributed by atoms with van der Waals surface area (Å²) >= 11 is 6.21. The second-order valence-electron chi connectivity index (χ2n) is 4.96. The first-order valence-electron chi connectivity index (χ1n) is 6.48. The van der Waals surface area contributed by atoms with Crippen LogP contribution >= 0.6 is 11.6 Å². The lowest BCUT2D eigenvalue weighted by atomic mass is 10.1. The monoisotopic (exact) mass is 294 g/mol. The molecule has 19 heavy (non-hydrogen) atoms. The molecule has 1 aromatic rings. The number of unbranched alkanes of at least 4 members (excludes halogenated alkanes) is 1. The molecule has 2 amide bonds. The molecule has 1 aromatic carbocycles. The van der Waals surface area contributed by atoms with Crippen molar-refractivity contribution < 1.29 is 9.59 Å². The Bertz CT molecular complexity index is 542. The molecule has 1 aliphatic heterocycles. The van der Waals surface area contributed by atoms with Crippen LogP contribution in [0, 0.1) is 0 Å². The average Bonchev–Trinajstić information content (AvgIpc) is 2.59. The largest absolute Gasteiger partial charge is 0.274 e. The number of imide groups is 1. The van der Waals surface area contributed by atoms with Crippen molar-refractivity contribution in [3.8, 4) is 0 Å². The van der Waals surface area contributed by atoms with Crippen LogP contribution in [-0.4, -0.2) is 32.1 Å². The van der Waals surface area contributed by atoms with Gasteiger partial charge in [0.1, 0.15) is 0 Å². The molecule has 1 radical (unpaired) electrons. The molecular formula is C14H17ClNO2Si. The molecule has 5 heteroatoms. The third kappa shape index (κ3) is 2.35. The summed E-state index contributed by atoms with van der Waals surface area (Å²) in [6.07, 6.45) is 1.79. The number of amides is 2. The Kier molecular flexibility index (Phi) is 4.11. The third-order valence-corrected chi connectivity index (χ3v) is 5.32. The highest BCUT2D eigenvalue weighted by atomic mass is 35.5. The minimum atomic E-state index is -0.897. The first-order valence-corrected chi connectivity index (χ1v) is 9.36. The van der Waals surface area contributed by atoms with E-state index in [1.165, 1.54) is 4.90 Å². The van der Waals surface area contributed by atoms with Crippen LogP contribution in [0.25, 0.3) is 0 Å². The number of hydrogen-bond acceptors (Lipinski definition) is 2. The van der Waals surface area contributed by atoms with Gasteiger partial charge in [-0.1, -0.05) is 38.0 Å². The molecule has 0 spiro atoms. The van der Waals surface area contributed by atoms with E-state index in [0.717, 1.165) is 18.0 Å². The van der Waals surface area contributed by atoms with Crippen LogP contribution in [0.1, 0.15) is 40.5 Å². The van der Waals surface area contributed by atoms with E-state index in [-0.39, 0.29) is 11.8 Å². The maximum absolute atomic E-state index is 12.5. The zero-order valence-electron chi connectivity index (χ0n) is 11.4. The number of rotatable bonds is 4. The topological polar surface area (TPSA) is 37.4 Å². The van der Waals surface area contributed by atoms with Crippen molar-refractivity contribution in [3.63, 3.8) is 0 Å². The summed E-state index contributed by atoms with van der Waals surface area (Å²) in [7, 11) is -0.897. The van der Waals surface area contributed by atoms with E-state index in [4.69, 9.17) is 11.6 Å². The predicted octanol–water partition coefficient (Wildman–Crippen LogP) is 2.70. The molecule has 1 aliphatic rings. The highest BCUT2D eigenvalue weighted by molar-refractivity contribution is 6.75. The van der Waals surface area contributed by atoms with Crippen LogP contribution in [0.3, 0.4) is 0 Å². The minimum Gasteiger partial charge on any atom is -0.274 e. The van der Waals surface area contributed by atoms with Crippen molar-refractivity contribution in [2.45, 2.75) is 32.9 Å². The highest BCUT2D eigenvalue weighted by Crippen LogP contribution is 2.25. The Morgan fingerprint density at radius 2 is 1.89 bits per heavy atom. The summed E-state index contributed by atoms with van der Waals surface area (Å²) in [5, 5.41) is 1.50. The molecule has 0 fully saturated rings. The second-order valence-corrected chi connectivity index (χ2v) is 7.87. The Morgan fingerprint density at radius 3 is 2.47 bits per heavy atom. The average molecular weight is 295 g/mol. The maximum Gasteiger partial charge on any atom is 0.261 e. The van der Waals surface area contributed by atoms with E-state index in [1.54, 1.807) is 12.1 Å². The van der Waals surface area contributed by atoms with Crippen LogP contribution in [0.4, 0.5) is 0 Å². The van der Waals surface area contributed by atoms with Gasteiger partial charge in [-0.3, -0.25) is 14.5 Å². The fourth-order valence-corrected chi connectivity index (χ4v) is 4.39. The molecule has 0 saturated carbocycles. The number of carbonyl (C=O) groups excluding carboxylic acids is 2. The number of fused-ring (bicyclic) bond motifs is 1. The number of hydrogen-bond donors (Lipinski definition) is 0. The Hall–Kier alpha value is -1.13. The van der Waals surface area contributed by atoms with Crippen LogP contribution in [-0.2, 0) is 0 Å². The van der Waals surface area contributed by atoms with E-state index < -0.39 is 8.80 Å². The molecule has 0 atom stereocenters. The van der Waals surface area contributed by atoms with Crippen molar-refractivity contribution in [3.05, 3.63) is 28.3 Å². The summed E-state index contributed by atoms with van der Waals surface area (Å²) in [6.45, 7) is 6.70. The first kappa shape index (κ1) is 14.3. The van der Waals surface area contributed by atoms with Gasteiger partial charge in [0.2, 0.25) is 0 Å². The smallest absolute Gasteiger partial charge is 0.261 e. The van der Waals surface area contributed by atoms with E-state index in [2.05, 4.69) is 13.1 Å². The molecule has 2 rings (SSSR count). The van der Waals surface area contributed by atoms with Crippen LogP contribution in [0.2, 0.25) is 18.1 Å². The van der Waals surface area contributed by atoms with Gasteiger partial charge in [-0.2, -0.15) is 0 Å². The molecule has 101 valence electrons. The van der Waals surface area contributed by atoms with Crippen molar-refractivity contribution >= 4 is 37.4 Å². The minimum absolute atomic E-state index is 0.169. The van der Waals surface area contributed by atoms with E-state index >= 15 is 0 Å². The van der Waals surface area contributed by atoms with Crippen molar-refractivity contribution in [2.75, 3.05) is 6.54 Å². The van der Waals surface area contributed by atoms with Crippen molar-refractivity contribution in [1.29, 1.82) is 0 Å². The van der Waals surface area contributed by atoms with Gasteiger partial charge in [-0.15, -0.1) is 0 Å². The van der Waals surface area contributed by atoms with Gasteiger partial charge in [-0.25, -0.2) is 0 Å². The van der Waals surface area contributed by atoms with Crippen LogP contribution in [0.5, 0.6) is 0 Å². The van der Waals surface area contributed by atoms with Gasteiger partial charge < -0.3 is 0 Å². The molecule has 0 N–H and O–H groups in total. The quantitative estimate of drug-likeness (QED) is 0.632. The fraction of sp³-hybridized carbons (Fsp3) is 0.429. The Balaban J connectivity index is 2.50. The Labute approximate surface area is 120 Å². The summed E-state index contributed by atoms with van der Waals surface area (Å²) < 4.78 is 0. The predicted molar refractivity (Wildman–Crippen MR) is 78.8 cm³/mol. The second kappa shape index (κ2) is 5.47. The van der Waals surface area contributed by atoms with Crippen LogP contribution in [0.15, 0.2) is 12.1 Å². The molecule has 0 unspecified atom stereocenters. The molecule has 0 bridgehead atoms. The lowest BCUT2D eigenvalue weighted by Gasteiger charge is -2.13. The number of nitrogens with zero attached hydrogens (tertiary/aromatic N) is 1. The molecular weight excluding hydrogens is 278 g/mol. The highest BCUT2D eigenvalue weighted by Gasteiger charge is 2.38. The van der Waals surface area contributed by atoms with E-state index in [1.807, 2.05) is 6.92 Å². The van der Waals surface area contributed by atoms with Gasteiger partial charge >= 0.3 is 0 Å². The lowest BCUT2D eigenvalue weighted by Crippen LogP contribution is -2.34. The van der Waals surface area contributed by atoms with Gasteiger partial charge in [0.25, 0.3) is 11.8 Å². The van der Waals surface area contributed by atoms with Gasteiger partial charge in [0.05, 0.1) is 19.9 Å². The van der Waals surface area contributed by atoms with Crippen molar-refractivity contribution in [2.24, 2.45) is 0 Å². The van der Waals surface area contributed by atoms with Gasteiger partial charge in [0, 0.05) is 11.6 Å². The zero-order chi connectivity index (χ0) is 14.2. The molecule has 1 heterocycles. The summed E-state index contributed by atoms with van der Waals surface area (Å²) in [6, 6.07) is 3.42. The van der Waals surface area contributed by atoms with E-state index in [0.29, 0.717) is 22.7 Å². The fourth-order valence-electron chi connectivity index (χ4n) is 2.36. The summed E-state index contributed by atoms with van der Waals surface area (Å²) in [4.78, 5) is 26.1. The normalized spacial score (nSPS) is 14.5. The first-order chi connectivity index (χ1) is 8.99. The van der Waals surface area contributed by atoms with Crippen molar-refractivity contribution in [1.82, 2.24) is 4.90 Å². The van der Waals surface area contributed by atoms with Gasteiger partial charge in [0.15, 0.2) is 0 Å². The maximum atomic E-state index is 12.5. The van der Waals surface area contributed by atoms with E-state index in [9.17, 15) is 9.59 Å². The Morgan fingerprint density at radius 1 is 1.21 bits per heavy atom. The lowest BCUT2D eigenvalue weighted by molar-refractivity contribution is 0.0653. The van der Waals surface area contributed by atoms with Gasteiger partial charge in [-0.05, 0) is 23.7 Å². The number of carbonyl (C=O) groups is 2. The standard InChI is InChI=1S/C14H17ClNO2Si/c1-4-5-8-16-13(17)9-6-7-10(15)12(19(2)3)11(9)14(16)18/h6-7H,4-5,8H2,1-3H3. The molecule has 0 aromatic heterocycles. The molecule has 3 nitrogen and oxygen atoms in total. The summed E-state index contributed by atoms with van der Waals surface area (Å²) in [5.74, 6) is -0.341. The SMILES string of the molecule is CCCCN1C(=O)c2ccc(Cl)c([Si](C)C)c2C1=O. The third-order valence-electron chi connectivity index (χ3n) is 3.32.